The average Bonchev–Trinajstić information content (AvgIpc) is 2.38. The van der Waals surface area contributed by atoms with Crippen LogP contribution in [0.2, 0.25) is 0 Å². The highest BCUT2D eigenvalue weighted by Gasteiger charge is 2.09. The molecule has 0 aromatic heterocycles. The van der Waals surface area contributed by atoms with Gasteiger partial charge >= 0.3 is 0 Å². The fraction of sp³-hybridized carbons (Fsp3) is 0.143. The highest BCUT2D eigenvalue weighted by molar-refractivity contribution is 7.90. The molecule has 3 N–H and O–H groups in total. The molecule has 0 aliphatic carbocycles. The van der Waals surface area contributed by atoms with Gasteiger partial charge in [0, 0.05) is 18.4 Å². The summed E-state index contributed by atoms with van der Waals surface area (Å²) in [5, 5.41) is 2.99. The normalized spacial score (nSPS) is 11.3. The van der Waals surface area contributed by atoms with Crippen LogP contribution >= 0.6 is 0 Å². The largest absolute Gasteiger partial charge is 0.397 e. The maximum Gasteiger partial charge on any atom is 0.175 e. The van der Waals surface area contributed by atoms with E-state index >= 15 is 0 Å². The SMILES string of the molecule is CS(=O)(=O)c1ccc(NCc2ccccc2F)c(N)c1. The van der Waals surface area contributed by atoms with E-state index in [2.05, 4.69) is 5.32 Å². The van der Waals surface area contributed by atoms with Gasteiger partial charge in [-0.3, -0.25) is 0 Å². The predicted molar refractivity (Wildman–Crippen MR) is 77.7 cm³/mol. The second-order valence-electron chi connectivity index (χ2n) is 4.47. The van der Waals surface area contributed by atoms with Crippen LogP contribution in [-0.2, 0) is 16.4 Å². The van der Waals surface area contributed by atoms with Gasteiger partial charge in [0.25, 0.3) is 0 Å². The third kappa shape index (κ3) is 3.27. The van der Waals surface area contributed by atoms with Gasteiger partial charge in [-0.25, -0.2) is 12.8 Å². The van der Waals surface area contributed by atoms with E-state index in [1.807, 2.05) is 0 Å². The van der Waals surface area contributed by atoms with Crippen molar-refractivity contribution in [3.63, 3.8) is 0 Å². The Labute approximate surface area is 117 Å². The van der Waals surface area contributed by atoms with Crippen molar-refractivity contribution in [3.8, 4) is 0 Å². The molecule has 2 aromatic carbocycles. The van der Waals surface area contributed by atoms with Crippen LogP contribution in [0.5, 0.6) is 0 Å². The molecule has 0 atom stereocenters. The number of nitrogens with two attached hydrogens (primary N) is 1. The molecule has 0 unspecified atom stereocenters. The number of hydrogen-bond donors (Lipinski definition) is 2. The summed E-state index contributed by atoms with van der Waals surface area (Å²) in [4.78, 5) is 0.159. The maximum atomic E-state index is 13.5. The Morgan fingerprint density at radius 1 is 1.20 bits per heavy atom. The third-order valence-corrected chi connectivity index (χ3v) is 3.99. The van der Waals surface area contributed by atoms with Crippen LogP contribution in [0.4, 0.5) is 15.8 Å². The zero-order valence-corrected chi connectivity index (χ0v) is 11.7. The summed E-state index contributed by atoms with van der Waals surface area (Å²) < 4.78 is 36.3. The number of halogens is 1. The van der Waals surface area contributed by atoms with E-state index in [1.54, 1.807) is 24.3 Å². The minimum Gasteiger partial charge on any atom is -0.397 e. The Kier molecular flexibility index (Phi) is 3.94. The summed E-state index contributed by atoms with van der Waals surface area (Å²) in [6, 6.07) is 10.8. The van der Waals surface area contributed by atoms with E-state index in [0.717, 1.165) is 6.26 Å². The van der Waals surface area contributed by atoms with Crippen LogP contribution in [0, 0.1) is 5.82 Å². The summed E-state index contributed by atoms with van der Waals surface area (Å²) in [6.45, 7) is 0.273. The van der Waals surface area contributed by atoms with Gasteiger partial charge < -0.3 is 11.1 Å². The summed E-state index contributed by atoms with van der Waals surface area (Å²) in [6.07, 6.45) is 1.12. The zero-order valence-electron chi connectivity index (χ0n) is 10.9. The van der Waals surface area contributed by atoms with E-state index < -0.39 is 9.84 Å². The lowest BCUT2D eigenvalue weighted by atomic mass is 10.2. The van der Waals surface area contributed by atoms with E-state index in [0.29, 0.717) is 16.9 Å². The first-order chi connectivity index (χ1) is 9.38. The summed E-state index contributed by atoms with van der Waals surface area (Å²) >= 11 is 0. The minimum atomic E-state index is -3.28. The second-order valence-corrected chi connectivity index (χ2v) is 6.48. The van der Waals surface area contributed by atoms with Crippen molar-refractivity contribution >= 4 is 21.2 Å². The van der Waals surface area contributed by atoms with E-state index in [1.165, 1.54) is 18.2 Å². The molecule has 20 heavy (non-hydrogen) atoms. The molecule has 6 heteroatoms. The molecule has 0 aliphatic heterocycles. The molecule has 0 saturated heterocycles. The second kappa shape index (κ2) is 5.50. The van der Waals surface area contributed by atoms with Crippen LogP contribution in [-0.4, -0.2) is 14.7 Å². The first-order valence-corrected chi connectivity index (χ1v) is 7.84. The van der Waals surface area contributed by atoms with Crippen LogP contribution in [0.1, 0.15) is 5.56 Å². The van der Waals surface area contributed by atoms with E-state index in [-0.39, 0.29) is 17.3 Å². The fourth-order valence-corrected chi connectivity index (χ4v) is 2.42. The van der Waals surface area contributed by atoms with E-state index in [9.17, 15) is 12.8 Å². The molecule has 4 nitrogen and oxygen atoms in total. The van der Waals surface area contributed by atoms with Crippen LogP contribution in [0.3, 0.4) is 0 Å². The average molecular weight is 294 g/mol. The Bertz CT molecular complexity index is 730. The molecule has 0 bridgehead atoms. The zero-order chi connectivity index (χ0) is 14.8. The number of sulfone groups is 1. The summed E-state index contributed by atoms with van der Waals surface area (Å²) in [5.41, 5.74) is 7.19. The van der Waals surface area contributed by atoms with Crippen LogP contribution < -0.4 is 11.1 Å². The van der Waals surface area contributed by atoms with Crippen molar-refractivity contribution in [1.82, 2.24) is 0 Å². The monoisotopic (exact) mass is 294 g/mol. The molecule has 106 valence electrons. The lowest BCUT2D eigenvalue weighted by molar-refractivity contribution is 0.602. The Hall–Kier alpha value is -2.08. The standard InChI is InChI=1S/C14H15FN2O2S/c1-20(18,19)11-6-7-14(13(16)8-11)17-9-10-4-2-3-5-12(10)15/h2-8,17H,9,16H2,1H3. The molecule has 0 radical (unpaired) electrons. The van der Waals surface area contributed by atoms with Crippen molar-refractivity contribution in [2.45, 2.75) is 11.4 Å². The highest BCUT2D eigenvalue weighted by Crippen LogP contribution is 2.23. The lowest BCUT2D eigenvalue weighted by Gasteiger charge is -2.11. The van der Waals surface area contributed by atoms with Crippen molar-refractivity contribution < 1.29 is 12.8 Å². The predicted octanol–water partition coefficient (Wildman–Crippen LogP) is 2.42. The number of benzene rings is 2. The molecule has 0 spiro atoms. The van der Waals surface area contributed by atoms with Crippen molar-refractivity contribution in [1.29, 1.82) is 0 Å². The Morgan fingerprint density at radius 3 is 2.50 bits per heavy atom. The van der Waals surface area contributed by atoms with Crippen molar-refractivity contribution in [2.75, 3.05) is 17.3 Å². The number of nitrogens with one attached hydrogen (secondary N) is 1. The van der Waals surface area contributed by atoms with Gasteiger partial charge in [0.15, 0.2) is 9.84 Å². The van der Waals surface area contributed by atoms with E-state index in [4.69, 9.17) is 5.73 Å². The smallest absolute Gasteiger partial charge is 0.175 e. The minimum absolute atomic E-state index is 0.159. The van der Waals surface area contributed by atoms with Gasteiger partial charge in [0.1, 0.15) is 5.82 Å². The topological polar surface area (TPSA) is 72.2 Å². The fourth-order valence-electron chi connectivity index (χ4n) is 1.76. The first kappa shape index (κ1) is 14.3. The van der Waals surface area contributed by atoms with Crippen LogP contribution in [0.25, 0.3) is 0 Å². The number of anilines is 2. The van der Waals surface area contributed by atoms with Gasteiger partial charge in [0.05, 0.1) is 16.3 Å². The molecule has 2 aromatic rings. The molecule has 0 saturated carbocycles. The van der Waals surface area contributed by atoms with Gasteiger partial charge in [-0.05, 0) is 24.3 Å². The van der Waals surface area contributed by atoms with Gasteiger partial charge in [-0.2, -0.15) is 0 Å². The van der Waals surface area contributed by atoms with Gasteiger partial charge in [-0.15, -0.1) is 0 Å². The van der Waals surface area contributed by atoms with Crippen LogP contribution in [0.15, 0.2) is 47.4 Å². The quantitative estimate of drug-likeness (QED) is 0.849. The highest BCUT2D eigenvalue weighted by atomic mass is 32.2. The Morgan fingerprint density at radius 2 is 1.90 bits per heavy atom. The molecular weight excluding hydrogens is 279 g/mol. The molecule has 2 rings (SSSR count). The summed E-state index contributed by atoms with van der Waals surface area (Å²) in [7, 11) is -3.28. The summed E-state index contributed by atoms with van der Waals surface area (Å²) in [5.74, 6) is -0.300. The lowest BCUT2D eigenvalue weighted by Crippen LogP contribution is -2.05. The molecular formula is C14H15FN2O2S. The third-order valence-electron chi connectivity index (χ3n) is 2.88. The number of rotatable bonds is 4. The molecule has 0 fully saturated rings. The number of nitrogen functional groups attached to an aromatic ring is 1. The van der Waals surface area contributed by atoms with Crippen molar-refractivity contribution in [3.05, 3.63) is 53.8 Å². The first-order valence-electron chi connectivity index (χ1n) is 5.95. The van der Waals surface area contributed by atoms with Gasteiger partial charge in [0.2, 0.25) is 0 Å². The molecule has 0 heterocycles. The number of hydrogen-bond acceptors (Lipinski definition) is 4. The maximum absolute atomic E-state index is 13.5. The molecule has 0 aliphatic rings. The molecule has 0 amide bonds. The Balaban J connectivity index is 2.17. The van der Waals surface area contributed by atoms with Gasteiger partial charge in [-0.1, -0.05) is 18.2 Å². The van der Waals surface area contributed by atoms with Crippen molar-refractivity contribution in [2.24, 2.45) is 0 Å².